The molecule has 0 bridgehead atoms. The second kappa shape index (κ2) is 10.1. The first-order valence-electron chi connectivity index (χ1n) is 12.7. The van der Waals surface area contributed by atoms with Crippen LogP contribution in [0, 0.1) is 0 Å². The average Bonchev–Trinajstić information content (AvgIpc) is 3.11. The fourth-order valence-corrected chi connectivity index (χ4v) is 6.92. The van der Waals surface area contributed by atoms with Crippen molar-refractivity contribution in [1.29, 1.82) is 0 Å². The predicted molar refractivity (Wildman–Crippen MR) is 135 cm³/mol. The molecule has 0 aliphatic carbocycles. The lowest BCUT2D eigenvalue weighted by Gasteiger charge is -2.28. The number of benzene rings is 2. The van der Waals surface area contributed by atoms with E-state index in [-0.39, 0.29) is 29.6 Å². The molecule has 3 aliphatic heterocycles. The predicted octanol–water partition coefficient (Wildman–Crippen LogP) is 3.51. The van der Waals surface area contributed by atoms with E-state index in [0.717, 1.165) is 55.6 Å². The molecule has 1 saturated heterocycles. The Bertz CT molecular complexity index is 1220. The fraction of sp³-hybridized carbons (Fsp3) is 0.481. The van der Waals surface area contributed by atoms with E-state index < -0.39 is 10.0 Å². The maximum atomic E-state index is 13.4. The van der Waals surface area contributed by atoms with Crippen molar-refractivity contribution in [3.05, 3.63) is 59.2 Å². The number of hydrogen-bond acceptors (Lipinski definition) is 4. The lowest BCUT2D eigenvalue weighted by molar-refractivity contribution is -0.133. The van der Waals surface area contributed by atoms with Gasteiger partial charge in [0.15, 0.2) is 0 Å². The fourth-order valence-electron chi connectivity index (χ4n) is 5.45. The van der Waals surface area contributed by atoms with Crippen molar-refractivity contribution in [2.45, 2.75) is 62.8 Å². The van der Waals surface area contributed by atoms with Crippen LogP contribution in [0.2, 0.25) is 0 Å². The van der Waals surface area contributed by atoms with Crippen LogP contribution in [0.5, 0.6) is 0 Å². The van der Waals surface area contributed by atoms with Crippen LogP contribution >= 0.6 is 0 Å². The van der Waals surface area contributed by atoms with E-state index in [9.17, 15) is 18.0 Å². The summed E-state index contributed by atoms with van der Waals surface area (Å²) in [5, 5.41) is 0. The van der Waals surface area contributed by atoms with E-state index >= 15 is 0 Å². The van der Waals surface area contributed by atoms with E-state index in [2.05, 4.69) is 6.07 Å². The number of carbonyl (C=O) groups is 2. The Balaban J connectivity index is 1.24. The number of amides is 2. The number of fused-ring (bicyclic) bond motifs is 2. The summed E-state index contributed by atoms with van der Waals surface area (Å²) in [4.78, 5) is 29.4. The van der Waals surface area contributed by atoms with Crippen LogP contribution in [0.15, 0.2) is 47.4 Å². The molecule has 5 rings (SSSR count). The number of carbonyl (C=O) groups excluding carboxylic acids is 2. The topological polar surface area (TPSA) is 78.0 Å². The molecule has 35 heavy (non-hydrogen) atoms. The number of nitrogens with zero attached hydrogens (tertiary/aromatic N) is 3. The quantitative estimate of drug-likeness (QED) is 0.636. The van der Waals surface area contributed by atoms with Gasteiger partial charge >= 0.3 is 0 Å². The van der Waals surface area contributed by atoms with E-state index in [1.165, 1.54) is 5.56 Å². The molecular weight excluding hydrogens is 462 g/mol. The van der Waals surface area contributed by atoms with Crippen molar-refractivity contribution in [1.82, 2.24) is 9.21 Å². The molecule has 1 fully saturated rings. The molecule has 0 unspecified atom stereocenters. The van der Waals surface area contributed by atoms with E-state index in [0.29, 0.717) is 32.5 Å². The maximum absolute atomic E-state index is 13.4. The standard InChI is InChI=1S/C27H33N3O4S/c31-26(28-15-5-1-2-6-16-28)11-12-27(32)30-18-14-22-19-24(9-10-25(22)30)35(33,34)29-17-13-21-7-3-4-8-23(21)20-29/h3-4,7-10,19H,1-2,5-6,11-18,20H2. The third-order valence-electron chi connectivity index (χ3n) is 7.49. The van der Waals surface area contributed by atoms with Crippen LogP contribution in [0.25, 0.3) is 0 Å². The zero-order chi connectivity index (χ0) is 24.4. The van der Waals surface area contributed by atoms with Gasteiger partial charge in [-0.3, -0.25) is 9.59 Å². The summed E-state index contributed by atoms with van der Waals surface area (Å²) in [5.41, 5.74) is 3.89. The van der Waals surface area contributed by atoms with Crippen LogP contribution in [-0.2, 0) is 39.0 Å². The summed E-state index contributed by atoms with van der Waals surface area (Å²) >= 11 is 0. The van der Waals surface area contributed by atoms with Crippen molar-refractivity contribution in [2.75, 3.05) is 31.1 Å². The molecular formula is C27H33N3O4S. The third-order valence-corrected chi connectivity index (χ3v) is 9.33. The molecule has 2 aromatic carbocycles. The average molecular weight is 496 g/mol. The van der Waals surface area contributed by atoms with Gasteiger partial charge in [0, 0.05) is 51.3 Å². The van der Waals surface area contributed by atoms with Gasteiger partial charge in [-0.1, -0.05) is 37.1 Å². The Hall–Kier alpha value is -2.71. The normalized spacial score (nSPS) is 18.6. The molecule has 0 aromatic heterocycles. The minimum Gasteiger partial charge on any atom is -0.343 e. The second-order valence-corrected chi connectivity index (χ2v) is 11.7. The van der Waals surface area contributed by atoms with Crippen molar-refractivity contribution in [3.63, 3.8) is 0 Å². The van der Waals surface area contributed by atoms with Crippen molar-refractivity contribution in [2.24, 2.45) is 0 Å². The highest BCUT2D eigenvalue weighted by atomic mass is 32.2. The van der Waals surface area contributed by atoms with E-state index in [1.54, 1.807) is 27.4 Å². The Morgan fingerprint density at radius 3 is 2.20 bits per heavy atom. The maximum Gasteiger partial charge on any atom is 0.243 e. The molecule has 2 aromatic rings. The van der Waals surface area contributed by atoms with Gasteiger partial charge in [-0.05, 0) is 60.6 Å². The number of likely N-dealkylation sites (tertiary alicyclic amines) is 1. The molecule has 8 heteroatoms. The number of hydrogen-bond donors (Lipinski definition) is 0. The molecule has 186 valence electrons. The lowest BCUT2D eigenvalue weighted by Crippen LogP contribution is -2.36. The third kappa shape index (κ3) is 5.00. The molecule has 0 N–H and O–H groups in total. The van der Waals surface area contributed by atoms with Gasteiger partial charge in [0.25, 0.3) is 0 Å². The molecule has 3 heterocycles. The van der Waals surface area contributed by atoms with Crippen LogP contribution in [-0.4, -0.2) is 55.6 Å². The zero-order valence-corrected chi connectivity index (χ0v) is 20.9. The van der Waals surface area contributed by atoms with Gasteiger partial charge in [-0.25, -0.2) is 8.42 Å². The Morgan fingerprint density at radius 1 is 0.743 bits per heavy atom. The summed E-state index contributed by atoms with van der Waals surface area (Å²) < 4.78 is 28.3. The molecule has 3 aliphatic rings. The van der Waals surface area contributed by atoms with Crippen molar-refractivity contribution >= 4 is 27.5 Å². The smallest absolute Gasteiger partial charge is 0.243 e. The molecule has 0 saturated carbocycles. The Labute approximate surface area is 207 Å². The first-order valence-corrected chi connectivity index (χ1v) is 14.2. The largest absolute Gasteiger partial charge is 0.343 e. The lowest BCUT2D eigenvalue weighted by atomic mass is 10.0. The van der Waals surface area contributed by atoms with Crippen molar-refractivity contribution < 1.29 is 18.0 Å². The molecule has 0 spiro atoms. The first-order chi connectivity index (χ1) is 16.9. The summed E-state index contributed by atoms with van der Waals surface area (Å²) in [7, 11) is -3.62. The van der Waals surface area contributed by atoms with Gasteiger partial charge in [-0.15, -0.1) is 0 Å². The minimum absolute atomic E-state index is 0.0595. The van der Waals surface area contributed by atoms with Crippen LogP contribution in [0.4, 0.5) is 5.69 Å². The number of sulfonamides is 1. The highest BCUT2D eigenvalue weighted by Gasteiger charge is 2.31. The van der Waals surface area contributed by atoms with Gasteiger partial charge in [0.2, 0.25) is 21.8 Å². The number of anilines is 1. The monoisotopic (exact) mass is 495 g/mol. The molecule has 0 radical (unpaired) electrons. The summed E-state index contributed by atoms with van der Waals surface area (Å²) in [6.45, 7) is 2.95. The van der Waals surface area contributed by atoms with E-state index in [4.69, 9.17) is 0 Å². The Morgan fingerprint density at radius 2 is 1.43 bits per heavy atom. The minimum atomic E-state index is -3.62. The van der Waals surface area contributed by atoms with Crippen LogP contribution in [0.3, 0.4) is 0 Å². The zero-order valence-electron chi connectivity index (χ0n) is 20.1. The first kappa shape index (κ1) is 24.0. The van der Waals surface area contributed by atoms with Gasteiger partial charge in [-0.2, -0.15) is 4.31 Å². The van der Waals surface area contributed by atoms with Crippen LogP contribution in [0.1, 0.15) is 55.2 Å². The van der Waals surface area contributed by atoms with Crippen molar-refractivity contribution in [3.8, 4) is 0 Å². The molecule has 2 amide bonds. The van der Waals surface area contributed by atoms with Gasteiger partial charge in [0.1, 0.15) is 0 Å². The van der Waals surface area contributed by atoms with E-state index in [1.807, 2.05) is 23.1 Å². The summed E-state index contributed by atoms with van der Waals surface area (Å²) in [6.07, 6.45) is 6.14. The number of rotatable bonds is 5. The molecule has 7 nitrogen and oxygen atoms in total. The Kier molecular flexibility index (Phi) is 6.93. The second-order valence-electron chi connectivity index (χ2n) is 9.74. The molecule has 0 atom stereocenters. The van der Waals surface area contributed by atoms with Gasteiger partial charge < -0.3 is 9.80 Å². The highest BCUT2D eigenvalue weighted by molar-refractivity contribution is 7.89. The summed E-state index contributed by atoms with van der Waals surface area (Å²) in [5.74, 6) is -0.0145. The van der Waals surface area contributed by atoms with Gasteiger partial charge in [0.05, 0.1) is 4.90 Å². The highest BCUT2D eigenvalue weighted by Crippen LogP contribution is 2.33. The summed E-state index contributed by atoms with van der Waals surface area (Å²) in [6, 6.07) is 13.1. The SMILES string of the molecule is O=C(CCC(=O)N1CCc2cc(S(=O)(=O)N3CCc4ccccc4C3)ccc21)N1CCCCCC1. The van der Waals surface area contributed by atoms with Crippen LogP contribution < -0.4 is 4.90 Å².